The van der Waals surface area contributed by atoms with Gasteiger partial charge in [0, 0.05) is 49.2 Å². The van der Waals surface area contributed by atoms with Crippen molar-refractivity contribution in [3.8, 4) is 0 Å². The van der Waals surface area contributed by atoms with Gasteiger partial charge in [-0.15, -0.1) is 11.3 Å². The molecule has 23 heavy (non-hydrogen) atoms. The molecular formula is C17H24N4OS. The summed E-state index contributed by atoms with van der Waals surface area (Å²) < 4.78 is 1.86. The Morgan fingerprint density at radius 2 is 2.22 bits per heavy atom. The average Bonchev–Trinajstić information content (AvgIpc) is 3.13. The molecule has 2 aromatic rings. The van der Waals surface area contributed by atoms with Crippen molar-refractivity contribution in [3.05, 3.63) is 33.5 Å². The molecule has 0 spiro atoms. The summed E-state index contributed by atoms with van der Waals surface area (Å²) in [6, 6.07) is 0. The minimum absolute atomic E-state index is 0.256. The van der Waals surface area contributed by atoms with Crippen LogP contribution >= 0.6 is 11.3 Å². The molecule has 2 aromatic heterocycles. The molecule has 0 aromatic carbocycles. The highest BCUT2D eigenvalue weighted by atomic mass is 32.1. The van der Waals surface area contributed by atoms with E-state index in [-0.39, 0.29) is 5.91 Å². The average molecular weight is 332 g/mol. The lowest BCUT2D eigenvalue weighted by molar-refractivity contribution is -0.132. The van der Waals surface area contributed by atoms with Crippen LogP contribution in [0.3, 0.4) is 0 Å². The maximum Gasteiger partial charge on any atom is 0.222 e. The van der Waals surface area contributed by atoms with E-state index in [0.717, 1.165) is 38.0 Å². The Morgan fingerprint density at radius 1 is 1.39 bits per heavy atom. The van der Waals surface area contributed by atoms with E-state index in [1.165, 1.54) is 15.4 Å². The van der Waals surface area contributed by atoms with E-state index in [1.807, 2.05) is 29.0 Å². The Morgan fingerprint density at radius 3 is 2.87 bits per heavy atom. The predicted octanol–water partition coefficient (Wildman–Crippen LogP) is 2.83. The molecule has 6 heteroatoms. The number of aromatic nitrogens is 3. The van der Waals surface area contributed by atoms with Crippen LogP contribution in [0.15, 0.2) is 12.4 Å². The number of amides is 1. The molecule has 1 amide bonds. The molecule has 0 radical (unpaired) electrons. The first-order chi connectivity index (χ1) is 11.0. The topological polar surface area (TPSA) is 51.0 Å². The summed E-state index contributed by atoms with van der Waals surface area (Å²) in [5, 5.41) is 5.43. The number of carbonyl (C=O) groups excluding carboxylic acids is 1. The van der Waals surface area contributed by atoms with Crippen molar-refractivity contribution < 1.29 is 4.79 Å². The molecule has 1 fully saturated rings. The highest BCUT2D eigenvalue weighted by Crippen LogP contribution is 2.30. The van der Waals surface area contributed by atoms with Crippen molar-refractivity contribution in [2.24, 2.45) is 7.05 Å². The zero-order chi connectivity index (χ0) is 16.4. The van der Waals surface area contributed by atoms with Gasteiger partial charge in [0.15, 0.2) is 0 Å². The minimum atomic E-state index is 0.256. The standard InChI is InChI=1S/C17H24N4OS/c1-12-9-18-17(23-12)15-5-4-8-21(11-15)16(22)7-6-14-10-19-20(3)13(14)2/h9-10,15H,4-8,11H2,1-3H3/t15-/m1/s1. The zero-order valence-corrected chi connectivity index (χ0v) is 14.9. The van der Waals surface area contributed by atoms with E-state index >= 15 is 0 Å². The summed E-state index contributed by atoms with van der Waals surface area (Å²) in [6.07, 6.45) is 7.36. The lowest BCUT2D eigenvalue weighted by Crippen LogP contribution is -2.39. The smallest absolute Gasteiger partial charge is 0.222 e. The Labute approximate surface area is 141 Å². The van der Waals surface area contributed by atoms with Crippen molar-refractivity contribution in [2.45, 2.75) is 45.4 Å². The van der Waals surface area contributed by atoms with Crippen LogP contribution in [-0.2, 0) is 18.3 Å². The van der Waals surface area contributed by atoms with Crippen molar-refractivity contribution >= 4 is 17.2 Å². The van der Waals surface area contributed by atoms with Gasteiger partial charge in [-0.2, -0.15) is 5.10 Å². The van der Waals surface area contributed by atoms with Gasteiger partial charge in [-0.25, -0.2) is 4.98 Å². The van der Waals surface area contributed by atoms with E-state index in [2.05, 4.69) is 23.9 Å². The van der Waals surface area contributed by atoms with Crippen molar-refractivity contribution in [3.63, 3.8) is 0 Å². The number of nitrogens with zero attached hydrogens (tertiary/aromatic N) is 4. The Hall–Kier alpha value is -1.69. The summed E-state index contributed by atoms with van der Waals surface area (Å²) in [6.45, 7) is 5.83. The molecule has 1 aliphatic rings. The van der Waals surface area contributed by atoms with E-state index in [0.29, 0.717) is 12.3 Å². The number of hydrogen-bond donors (Lipinski definition) is 0. The summed E-state index contributed by atoms with van der Waals surface area (Å²) >= 11 is 1.76. The zero-order valence-electron chi connectivity index (χ0n) is 14.1. The number of hydrogen-bond acceptors (Lipinski definition) is 4. The molecule has 124 valence electrons. The molecule has 0 aliphatic carbocycles. The van der Waals surface area contributed by atoms with Crippen LogP contribution in [0.4, 0.5) is 0 Å². The fourth-order valence-corrected chi connectivity index (χ4v) is 4.06. The third kappa shape index (κ3) is 3.63. The maximum atomic E-state index is 12.6. The maximum absolute atomic E-state index is 12.6. The van der Waals surface area contributed by atoms with Gasteiger partial charge >= 0.3 is 0 Å². The minimum Gasteiger partial charge on any atom is -0.342 e. The second kappa shape index (κ2) is 6.83. The molecule has 3 heterocycles. The number of carbonyl (C=O) groups is 1. The van der Waals surface area contributed by atoms with Gasteiger partial charge in [-0.1, -0.05) is 0 Å². The van der Waals surface area contributed by atoms with Gasteiger partial charge in [0.2, 0.25) is 5.91 Å². The molecule has 1 aliphatic heterocycles. The number of thiazole rings is 1. The third-order valence-corrected chi connectivity index (χ3v) is 5.78. The van der Waals surface area contributed by atoms with Crippen LogP contribution < -0.4 is 0 Å². The molecule has 0 bridgehead atoms. The molecule has 0 N–H and O–H groups in total. The van der Waals surface area contributed by atoms with Gasteiger partial charge in [0.25, 0.3) is 0 Å². The number of rotatable bonds is 4. The molecule has 0 unspecified atom stereocenters. The van der Waals surface area contributed by atoms with Gasteiger partial charge in [0.1, 0.15) is 0 Å². The lowest BCUT2D eigenvalue weighted by atomic mass is 9.98. The normalized spacial score (nSPS) is 18.4. The summed E-state index contributed by atoms with van der Waals surface area (Å²) in [7, 11) is 1.94. The largest absolute Gasteiger partial charge is 0.342 e. The molecule has 1 atom stereocenters. The van der Waals surface area contributed by atoms with Gasteiger partial charge in [-0.05, 0) is 38.7 Å². The van der Waals surface area contributed by atoms with Crippen molar-refractivity contribution in [1.29, 1.82) is 0 Å². The quantitative estimate of drug-likeness (QED) is 0.865. The van der Waals surface area contributed by atoms with Gasteiger partial charge < -0.3 is 4.90 Å². The monoisotopic (exact) mass is 332 g/mol. The summed E-state index contributed by atoms with van der Waals surface area (Å²) in [4.78, 5) is 20.3. The first-order valence-electron chi connectivity index (χ1n) is 8.22. The van der Waals surface area contributed by atoms with Crippen LogP contribution in [0, 0.1) is 13.8 Å². The van der Waals surface area contributed by atoms with Crippen LogP contribution in [0.5, 0.6) is 0 Å². The third-order valence-electron chi connectivity index (χ3n) is 4.71. The van der Waals surface area contributed by atoms with E-state index in [9.17, 15) is 4.79 Å². The first kappa shape index (κ1) is 16.2. The Kier molecular flexibility index (Phi) is 4.80. The summed E-state index contributed by atoms with van der Waals surface area (Å²) in [5.41, 5.74) is 2.32. The number of piperidine rings is 1. The second-order valence-corrected chi connectivity index (χ2v) is 7.63. The van der Waals surface area contributed by atoms with Gasteiger partial charge in [-0.3, -0.25) is 9.48 Å². The van der Waals surface area contributed by atoms with Crippen molar-refractivity contribution in [1.82, 2.24) is 19.7 Å². The van der Waals surface area contributed by atoms with E-state index in [4.69, 9.17) is 0 Å². The number of likely N-dealkylation sites (tertiary alicyclic amines) is 1. The second-order valence-electron chi connectivity index (χ2n) is 6.37. The van der Waals surface area contributed by atoms with Crippen LogP contribution in [-0.4, -0.2) is 38.7 Å². The SMILES string of the molecule is Cc1cnc([C@@H]2CCCN(C(=O)CCc3cnn(C)c3C)C2)s1. The van der Waals surface area contributed by atoms with Crippen LogP contribution in [0.1, 0.15) is 46.3 Å². The molecule has 3 rings (SSSR count). The highest BCUT2D eigenvalue weighted by molar-refractivity contribution is 7.11. The lowest BCUT2D eigenvalue weighted by Gasteiger charge is -2.32. The van der Waals surface area contributed by atoms with Gasteiger partial charge in [0.05, 0.1) is 11.2 Å². The molecule has 1 saturated heterocycles. The number of aryl methyl sites for hydroxylation is 3. The first-order valence-corrected chi connectivity index (χ1v) is 9.04. The highest BCUT2D eigenvalue weighted by Gasteiger charge is 2.26. The fraction of sp³-hybridized carbons (Fsp3) is 0.588. The molecule has 5 nitrogen and oxygen atoms in total. The molecular weight excluding hydrogens is 308 g/mol. The van der Waals surface area contributed by atoms with Crippen molar-refractivity contribution in [2.75, 3.05) is 13.1 Å². The van der Waals surface area contributed by atoms with Crippen LogP contribution in [0.25, 0.3) is 0 Å². The fourth-order valence-electron chi connectivity index (χ4n) is 3.16. The Bertz CT molecular complexity index is 691. The van der Waals surface area contributed by atoms with E-state index in [1.54, 1.807) is 11.3 Å². The van der Waals surface area contributed by atoms with E-state index < -0.39 is 0 Å². The molecule has 0 saturated carbocycles. The predicted molar refractivity (Wildman–Crippen MR) is 91.7 cm³/mol. The van der Waals surface area contributed by atoms with Crippen LogP contribution in [0.2, 0.25) is 0 Å². The Balaban J connectivity index is 1.57. The summed E-state index contributed by atoms with van der Waals surface area (Å²) in [5.74, 6) is 0.665.